The van der Waals surface area contributed by atoms with E-state index in [9.17, 15) is 10.4 Å². The van der Waals surface area contributed by atoms with Gasteiger partial charge in [-0.25, -0.2) is 10.9 Å². The number of nitrogens with one attached hydrogen (secondary N) is 2. The van der Waals surface area contributed by atoms with Gasteiger partial charge in [0.25, 0.3) is 0 Å². The first-order valence-electron chi connectivity index (χ1n) is 8.51. The lowest BCUT2D eigenvalue weighted by Gasteiger charge is -2.36. The van der Waals surface area contributed by atoms with E-state index >= 15 is 0 Å². The summed E-state index contributed by atoms with van der Waals surface area (Å²) < 4.78 is 5.78. The lowest BCUT2D eigenvalue weighted by Crippen LogP contribution is -2.40. The maximum absolute atomic E-state index is 9.70. The zero-order valence-electron chi connectivity index (χ0n) is 14.3. The molecule has 0 spiro atoms. The summed E-state index contributed by atoms with van der Waals surface area (Å²) in [6.45, 7) is 2.05. The van der Waals surface area contributed by atoms with Gasteiger partial charge in [0, 0.05) is 11.8 Å². The van der Waals surface area contributed by atoms with E-state index in [4.69, 9.17) is 10.5 Å². The second kappa shape index (κ2) is 6.37. The molecule has 1 fully saturated rings. The minimum absolute atomic E-state index is 0.0455. The van der Waals surface area contributed by atoms with Crippen molar-refractivity contribution in [2.45, 2.75) is 25.1 Å². The number of ether oxygens (including phenoxy) is 1. The highest BCUT2D eigenvalue weighted by Crippen LogP contribution is 2.47. The van der Waals surface area contributed by atoms with Crippen LogP contribution in [0.15, 0.2) is 60.0 Å². The van der Waals surface area contributed by atoms with E-state index in [1.165, 1.54) is 5.56 Å². The largest absolute Gasteiger partial charge is 0.508 e. The fourth-order valence-electron chi connectivity index (χ4n) is 3.83. The predicted octanol–water partition coefficient (Wildman–Crippen LogP) is 2.30. The fraction of sp³-hybridized carbons (Fsp3) is 0.250. The first kappa shape index (κ1) is 16.5. The van der Waals surface area contributed by atoms with E-state index in [1.54, 1.807) is 12.1 Å². The summed E-state index contributed by atoms with van der Waals surface area (Å²) in [5.74, 6) is 0.0219. The highest BCUT2D eigenvalue weighted by Gasteiger charge is 2.49. The van der Waals surface area contributed by atoms with Crippen molar-refractivity contribution in [1.82, 2.24) is 10.9 Å². The number of nitrogens with two attached hydrogens (primary N) is 1. The second-order valence-electron chi connectivity index (χ2n) is 6.75. The summed E-state index contributed by atoms with van der Waals surface area (Å²) in [5, 5.41) is 19.3. The first-order valence-corrected chi connectivity index (χ1v) is 8.51. The Balaban J connectivity index is 1.80. The smallest absolute Gasteiger partial charge is 0.200 e. The number of hydrogen-bond donors (Lipinski definition) is 4. The standard InChI is InChI=1S/C20H20N4O2/c1-11-2-4-13(5-3-11)18-17-16(12-6-8-14(25)9-7-12)15(10-21)19(22)26-20(17)24-23-18/h2-9,16-18,20,23-25H,22H2,1H3. The van der Waals surface area contributed by atoms with Crippen LogP contribution in [0, 0.1) is 24.2 Å². The van der Waals surface area contributed by atoms with Gasteiger partial charge >= 0.3 is 0 Å². The van der Waals surface area contributed by atoms with Crippen molar-refractivity contribution in [1.29, 1.82) is 5.26 Å². The Hall–Kier alpha value is -3.01. The number of aromatic hydroxyl groups is 1. The quantitative estimate of drug-likeness (QED) is 0.664. The van der Waals surface area contributed by atoms with Gasteiger partial charge in [-0.1, -0.05) is 42.0 Å². The molecular formula is C20H20N4O2. The van der Waals surface area contributed by atoms with Crippen molar-refractivity contribution in [2.24, 2.45) is 11.7 Å². The number of benzene rings is 2. The van der Waals surface area contributed by atoms with Gasteiger partial charge in [-0.2, -0.15) is 5.26 Å². The second-order valence-corrected chi connectivity index (χ2v) is 6.75. The fourth-order valence-corrected chi connectivity index (χ4v) is 3.83. The molecule has 4 rings (SSSR count). The Bertz CT molecular complexity index is 884. The van der Waals surface area contributed by atoms with Crippen LogP contribution < -0.4 is 16.6 Å². The topological polar surface area (TPSA) is 103 Å². The molecule has 4 atom stereocenters. The Kier molecular flexibility index (Phi) is 4.03. The summed E-state index contributed by atoms with van der Waals surface area (Å²) in [4.78, 5) is 0. The van der Waals surface area contributed by atoms with E-state index in [-0.39, 0.29) is 35.7 Å². The van der Waals surface area contributed by atoms with Crippen molar-refractivity contribution in [3.63, 3.8) is 0 Å². The Labute approximate surface area is 151 Å². The van der Waals surface area contributed by atoms with Crippen LogP contribution in [-0.4, -0.2) is 11.3 Å². The lowest BCUT2D eigenvalue weighted by molar-refractivity contribution is 0.0340. The average molecular weight is 348 g/mol. The third kappa shape index (κ3) is 2.68. The highest BCUT2D eigenvalue weighted by molar-refractivity contribution is 5.44. The van der Waals surface area contributed by atoms with Gasteiger partial charge in [-0.05, 0) is 30.2 Å². The summed E-state index contributed by atoms with van der Waals surface area (Å²) >= 11 is 0. The predicted molar refractivity (Wildman–Crippen MR) is 96.2 cm³/mol. The average Bonchev–Trinajstić information content (AvgIpc) is 3.05. The molecule has 0 saturated carbocycles. The molecule has 0 bridgehead atoms. The van der Waals surface area contributed by atoms with E-state index in [0.717, 1.165) is 11.1 Å². The Morgan fingerprint density at radius 3 is 2.35 bits per heavy atom. The molecule has 2 aliphatic heterocycles. The van der Waals surface area contributed by atoms with Gasteiger partial charge in [0.05, 0.1) is 11.6 Å². The minimum Gasteiger partial charge on any atom is -0.508 e. The summed E-state index contributed by atoms with van der Waals surface area (Å²) in [6, 6.07) is 17.4. The minimum atomic E-state index is -0.350. The molecule has 0 aromatic heterocycles. The third-order valence-corrected chi connectivity index (χ3v) is 5.14. The number of allylic oxidation sites excluding steroid dienone is 1. The van der Waals surface area contributed by atoms with Crippen LogP contribution in [0.4, 0.5) is 0 Å². The molecule has 6 heteroatoms. The molecule has 5 N–H and O–H groups in total. The molecule has 26 heavy (non-hydrogen) atoms. The summed E-state index contributed by atoms with van der Waals surface area (Å²) in [5.41, 5.74) is 16.1. The number of phenolic OH excluding ortho intramolecular Hbond substituents is 1. The van der Waals surface area contributed by atoms with E-state index < -0.39 is 0 Å². The number of hydrogen-bond acceptors (Lipinski definition) is 6. The number of rotatable bonds is 2. The Morgan fingerprint density at radius 1 is 1.04 bits per heavy atom. The number of fused-ring (bicyclic) bond motifs is 1. The van der Waals surface area contributed by atoms with Crippen LogP contribution in [0.1, 0.15) is 28.7 Å². The van der Waals surface area contributed by atoms with Crippen LogP contribution in [-0.2, 0) is 4.74 Å². The molecule has 0 amide bonds. The number of phenols is 1. The van der Waals surface area contributed by atoms with Crippen molar-refractivity contribution >= 4 is 0 Å². The maximum Gasteiger partial charge on any atom is 0.200 e. The SMILES string of the molecule is Cc1ccc(C2NNC3OC(N)=C(C#N)C(c4ccc(O)cc4)C32)cc1. The van der Waals surface area contributed by atoms with E-state index in [1.807, 2.05) is 19.1 Å². The van der Waals surface area contributed by atoms with Gasteiger partial charge in [0.2, 0.25) is 5.88 Å². The molecular weight excluding hydrogens is 328 g/mol. The van der Waals surface area contributed by atoms with Gasteiger partial charge in [0.1, 0.15) is 11.8 Å². The van der Waals surface area contributed by atoms with Gasteiger partial charge in [0.15, 0.2) is 6.23 Å². The molecule has 2 aromatic carbocycles. The van der Waals surface area contributed by atoms with Crippen molar-refractivity contribution in [3.05, 3.63) is 76.7 Å². The first-order chi connectivity index (χ1) is 12.6. The van der Waals surface area contributed by atoms with Gasteiger partial charge < -0.3 is 15.6 Å². The normalized spacial score (nSPS) is 27.5. The summed E-state index contributed by atoms with van der Waals surface area (Å²) in [7, 11) is 0. The number of aryl methyl sites for hydroxylation is 1. The van der Waals surface area contributed by atoms with E-state index in [0.29, 0.717) is 5.57 Å². The molecule has 0 aliphatic carbocycles. The van der Waals surface area contributed by atoms with Crippen LogP contribution >= 0.6 is 0 Å². The van der Waals surface area contributed by atoms with Crippen molar-refractivity contribution in [2.75, 3.05) is 0 Å². The Morgan fingerprint density at radius 2 is 1.69 bits per heavy atom. The van der Waals surface area contributed by atoms with Crippen molar-refractivity contribution in [3.8, 4) is 11.8 Å². The van der Waals surface area contributed by atoms with Crippen LogP contribution in [0.25, 0.3) is 0 Å². The van der Waals surface area contributed by atoms with Gasteiger partial charge in [-0.3, -0.25) is 0 Å². The number of nitriles is 1. The summed E-state index contributed by atoms with van der Waals surface area (Å²) in [6.07, 6.45) is -0.350. The maximum atomic E-state index is 9.70. The molecule has 1 saturated heterocycles. The van der Waals surface area contributed by atoms with Gasteiger partial charge in [-0.15, -0.1) is 0 Å². The third-order valence-electron chi connectivity index (χ3n) is 5.14. The molecule has 2 aromatic rings. The monoisotopic (exact) mass is 348 g/mol. The molecule has 4 unspecified atom stereocenters. The molecule has 2 heterocycles. The number of hydrazine groups is 1. The zero-order chi connectivity index (χ0) is 18.3. The number of nitrogens with zero attached hydrogens (tertiary/aromatic N) is 1. The zero-order valence-corrected chi connectivity index (χ0v) is 14.3. The molecule has 0 radical (unpaired) electrons. The molecule has 2 aliphatic rings. The lowest BCUT2D eigenvalue weighted by atomic mass is 9.74. The van der Waals surface area contributed by atoms with E-state index in [2.05, 4.69) is 41.2 Å². The van der Waals surface area contributed by atoms with Crippen molar-refractivity contribution < 1.29 is 9.84 Å². The highest BCUT2D eigenvalue weighted by atomic mass is 16.5. The molecule has 132 valence electrons. The van der Waals surface area contributed by atoms with Crippen LogP contribution in [0.2, 0.25) is 0 Å². The molecule has 6 nitrogen and oxygen atoms in total. The van der Waals surface area contributed by atoms with Crippen LogP contribution in [0.3, 0.4) is 0 Å². The van der Waals surface area contributed by atoms with Crippen LogP contribution in [0.5, 0.6) is 5.75 Å².